The fourth-order valence-electron chi connectivity index (χ4n) is 1.97. The zero-order chi connectivity index (χ0) is 8.10. The monoisotopic (exact) mass is 174 g/mol. The fourth-order valence-corrected chi connectivity index (χ4v) is 2.12. The van der Waals surface area contributed by atoms with Crippen molar-refractivity contribution in [2.24, 2.45) is 5.92 Å². The number of hydrogen-bond acceptors (Lipinski definition) is 1. The number of hydrogen-bond donors (Lipinski definition) is 2. The van der Waals surface area contributed by atoms with Gasteiger partial charge in [-0.15, -0.1) is 0 Å². The Morgan fingerprint density at radius 2 is 1.91 bits per heavy atom. The van der Waals surface area contributed by atoms with Gasteiger partial charge in [0, 0.05) is 12.2 Å². The summed E-state index contributed by atoms with van der Waals surface area (Å²) in [6.07, 6.45) is 8.55. The third-order valence-corrected chi connectivity index (χ3v) is 3.17. The molecule has 0 bridgehead atoms. The number of rotatable bonds is 3. The van der Waals surface area contributed by atoms with Crippen LogP contribution in [0.25, 0.3) is 0 Å². The minimum atomic E-state index is 0.585. The second-order valence-corrected chi connectivity index (χ2v) is 4.15. The maximum Gasteiger partial charge on any atom is 0.0935 e. The molecule has 0 aromatic rings. The van der Waals surface area contributed by atoms with E-state index in [-0.39, 0.29) is 0 Å². The molecule has 0 saturated heterocycles. The molecule has 11 heavy (non-hydrogen) atoms. The number of thiol groups is 1. The lowest BCUT2D eigenvalue weighted by molar-refractivity contribution is -0.415. The van der Waals surface area contributed by atoms with Gasteiger partial charge in [-0.05, 0) is 5.92 Å². The molecule has 1 rings (SSSR count). The van der Waals surface area contributed by atoms with Crippen LogP contribution in [-0.2, 0) is 0 Å². The first-order valence-electron chi connectivity index (χ1n) is 4.77. The van der Waals surface area contributed by atoms with Crippen molar-refractivity contribution in [2.45, 2.75) is 44.6 Å². The topological polar surface area (TPSA) is 27.6 Å². The molecule has 1 aliphatic rings. The van der Waals surface area contributed by atoms with Crippen LogP contribution in [0, 0.1) is 5.92 Å². The summed E-state index contributed by atoms with van der Waals surface area (Å²) < 4.78 is 0. The van der Waals surface area contributed by atoms with Crippen LogP contribution in [0.15, 0.2) is 0 Å². The lowest BCUT2D eigenvalue weighted by Gasteiger charge is -2.22. The van der Waals surface area contributed by atoms with Gasteiger partial charge in [0.15, 0.2) is 0 Å². The van der Waals surface area contributed by atoms with Gasteiger partial charge in [-0.2, -0.15) is 12.6 Å². The zero-order valence-electron chi connectivity index (χ0n) is 7.26. The van der Waals surface area contributed by atoms with Crippen LogP contribution in [0.4, 0.5) is 0 Å². The second kappa shape index (κ2) is 5.04. The van der Waals surface area contributed by atoms with E-state index in [2.05, 4.69) is 18.4 Å². The molecule has 1 fully saturated rings. The first-order chi connectivity index (χ1) is 5.33. The fraction of sp³-hybridized carbons (Fsp3) is 1.00. The highest BCUT2D eigenvalue weighted by molar-refractivity contribution is 7.80. The Morgan fingerprint density at radius 1 is 1.27 bits per heavy atom. The molecule has 3 N–H and O–H groups in total. The summed E-state index contributed by atoms with van der Waals surface area (Å²) in [6, 6.07) is 0.585. The van der Waals surface area contributed by atoms with Crippen molar-refractivity contribution in [1.82, 2.24) is 0 Å². The molecule has 66 valence electrons. The van der Waals surface area contributed by atoms with Crippen molar-refractivity contribution in [3.63, 3.8) is 0 Å². The van der Waals surface area contributed by atoms with E-state index in [9.17, 15) is 0 Å². The molecule has 1 unspecified atom stereocenters. The minimum Gasteiger partial charge on any atom is -0.354 e. The van der Waals surface area contributed by atoms with Gasteiger partial charge in [0.1, 0.15) is 0 Å². The van der Waals surface area contributed by atoms with E-state index >= 15 is 0 Å². The molecule has 0 amide bonds. The molecule has 1 saturated carbocycles. The summed E-state index contributed by atoms with van der Waals surface area (Å²) in [5, 5.41) is 0. The predicted molar refractivity (Wildman–Crippen MR) is 51.7 cm³/mol. The Morgan fingerprint density at radius 3 is 2.45 bits per heavy atom. The van der Waals surface area contributed by atoms with Gasteiger partial charge in [0.2, 0.25) is 0 Å². The molecule has 0 aromatic heterocycles. The van der Waals surface area contributed by atoms with Gasteiger partial charge in [0.05, 0.1) is 6.04 Å². The van der Waals surface area contributed by atoms with E-state index in [0.717, 1.165) is 11.7 Å². The molecule has 1 aliphatic carbocycles. The summed E-state index contributed by atoms with van der Waals surface area (Å²) >= 11 is 4.25. The van der Waals surface area contributed by atoms with E-state index in [4.69, 9.17) is 0 Å². The predicted octanol–water partition coefficient (Wildman–Crippen LogP) is 1.50. The normalized spacial score (nSPS) is 23.5. The molecule has 1 atom stereocenters. The van der Waals surface area contributed by atoms with Gasteiger partial charge in [0.25, 0.3) is 0 Å². The van der Waals surface area contributed by atoms with Crippen LogP contribution >= 0.6 is 12.6 Å². The van der Waals surface area contributed by atoms with Crippen LogP contribution < -0.4 is 5.73 Å². The van der Waals surface area contributed by atoms with Crippen molar-refractivity contribution in [3.05, 3.63) is 0 Å². The zero-order valence-corrected chi connectivity index (χ0v) is 8.15. The third kappa shape index (κ3) is 3.48. The summed E-state index contributed by atoms with van der Waals surface area (Å²) in [5.74, 6) is 1.93. The number of quaternary nitrogens is 1. The summed E-state index contributed by atoms with van der Waals surface area (Å²) in [6.45, 7) is 0. The Bertz CT molecular complexity index is 99.7. The van der Waals surface area contributed by atoms with Crippen molar-refractivity contribution in [2.75, 3.05) is 5.75 Å². The smallest absolute Gasteiger partial charge is 0.0935 e. The Hall–Kier alpha value is 0.310. The van der Waals surface area contributed by atoms with Gasteiger partial charge >= 0.3 is 0 Å². The SMILES string of the molecule is [NH3+]C(CS)CC1CCCCC1. The molecule has 0 aromatic carbocycles. The molecular weight excluding hydrogens is 154 g/mol. The Balaban J connectivity index is 2.13. The average Bonchev–Trinajstić information content (AvgIpc) is 2.06. The van der Waals surface area contributed by atoms with E-state index in [1.54, 1.807) is 0 Å². The highest BCUT2D eigenvalue weighted by Crippen LogP contribution is 2.26. The van der Waals surface area contributed by atoms with E-state index < -0.39 is 0 Å². The van der Waals surface area contributed by atoms with Crippen molar-refractivity contribution >= 4 is 12.6 Å². The van der Waals surface area contributed by atoms with E-state index in [1.807, 2.05) is 0 Å². The molecule has 1 nitrogen and oxygen atoms in total. The standard InChI is InChI=1S/C9H19NS/c10-9(7-11)6-8-4-2-1-3-5-8/h8-9,11H,1-7,10H2/p+1. The van der Waals surface area contributed by atoms with Crippen molar-refractivity contribution in [3.8, 4) is 0 Å². The quantitative estimate of drug-likeness (QED) is 0.607. The Labute approximate surface area is 75.1 Å². The lowest BCUT2D eigenvalue weighted by Crippen LogP contribution is -2.62. The van der Waals surface area contributed by atoms with Crippen LogP contribution in [0.2, 0.25) is 0 Å². The summed E-state index contributed by atoms with van der Waals surface area (Å²) in [5.41, 5.74) is 4.07. The molecule has 0 radical (unpaired) electrons. The molecular formula is C9H20NS+. The minimum absolute atomic E-state index is 0.585. The maximum absolute atomic E-state index is 4.25. The average molecular weight is 174 g/mol. The summed E-state index contributed by atoms with van der Waals surface area (Å²) in [7, 11) is 0. The largest absolute Gasteiger partial charge is 0.354 e. The van der Waals surface area contributed by atoms with Crippen LogP contribution in [0.1, 0.15) is 38.5 Å². The van der Waals surface area contributed by atoms with Crippen LogP contribution in [0.3, 0.4) is 0 Å². The van der Waals surface area contributed by atoms with Crippen LogP contribution in [0.5, 0.6) is 0 Å². The van der Waals surface area contributed by atoms with Crippen molar-refractivity contribution in [1.29, 1.82) is 0 Å². The van der Waals surface area contributed by atoms with Gasteiger partial charge < -0.3 is 5.73 Å². The maximum atomic E-state index is 4.25. The lowest BCUT2D eigenvalue weighted by atomic mass is 9.85. The third-order valence-electron chi connectivity index (χ3n) is 2.65. The first kappa shape index (κ1) is 9.40. The Kier molecular flexibility index (Phi) is 4.31. The molecule has 0 spiro atoms. The highest BCUT2D eigenvalue weighted by atomic mass is 32.1. The van der Waals surface area contributed by atoms with Crippen LogP contribution in [-0.4, -0.2) is 11.8 Å². The van der Waals surface area contributed by atoms with Crippen molar-refractivity contribution < 1.29 is 5.73 Å². The van der Waals surface area contributed by atoms with E-state index in [0.29, 0.717) is 6.04 Å². The molecule has 0 aliphatic heterocycles. The van der Waals surface area contributed by atoms with Gasteiger partial charge in [-0.3, -0.25) is 0 Å². The second-order valence-electron chi connectivity index (χ2n) is 3.79. The van der Waals surface area contributed by atoms with E-state index in [1.165, 1.54) is 38.5 Å². The first-order valence-corrected chi connectivity index (χ1v) is 5.40. The van der Waals surface area contributed by atoms with Gasteiger partial charge in [-0.1, -0.05) is 32.1 Å². The van der Waals surface area contributed by atoms with Gasteiger partial charge in [-0.25, -0.2) is 0 Å². The molecule has 0 heterocycles. The highest BCUT2D eigenvalue weighted by Gasteiger charge is 2.17. The molecule has 2 heteroatoms. The summed E-state index contributed by atoms with van der Waals surface area (Å²) in [4.78, 5) is 0.